The molecule has 0 fully saturated rings. The standard InChI is InChI=1S/C15H11N3O2/c19-14-8-10(4-7-17-14)15(20)18-13-3-1-2-11-9-16-6-5-12(11)13/h1-9H,(H,17,19)(H,18,20). The van der Waals surface area contributed by atoms with Crippen LogP contribution in [0.1, 0.15) is 10.4 Å². The van der Waals surface area contributed by atoms with E-state index in [1.165, 1.54) is 12.3 Å². The summed E-state index contributed by atoms with van der Waals surface area (Å²) in [6.07, 6.45) is 4.85. The summed E-state index contributed by atoms with van der Waals surface area (Å²) >= 11 is 0. The molecule has 5 nitrogen and oxygen atoms in total. The van der Waals surface area contributed by atoms with Gasteiger partial charge in [-0.1, -0.05) is 12.1 Å². The Morgan fingerprint density at radius 2 is 2.10 bits per heavy atom. The molecule has 0 aliphatic rings. The molecule has 0 aliphatic carbocycles. The molecule has 20 heavy (non-hydrogen) atoms. The molecule has 0 radical (unpaired) electrons. The van der Waals surface area contributed by atoms with Crippen LogP contribution in [-0.4, -0.2) is 15.9 Å². The van der Waals surface area contributed by atoms with Crippen LogP contribution in [-0.2, 0) is 0 Å². The third-order valence-electron chi connectivity index (χ3n) is 2.97. The Balaban J connectivity index is 1.97. The fourth-order valence-electron chi connectivity index (χ4n) is 2.01. The van der Waals surface area contributed by atoms with Gasteiger partial charge >= 0.3 is 0 Å². The summed E-state index contributed by atoms with van der Waals surface area (Å²) in [7, 11) is 0. The van der Waals surface area contributed by atoms with Gasteiger partial charge in [-0.15, -0.1) is 0 Å². The van der Waals surface area contributed by atoms with Gasteiger partial charge in [0.2, 0.25) is 5.56 Å². The van der Waals surface area contributed by atoms with E-state index in [-0.39, 0.29) is 11.5 Å². The van der Waals surface area contributed by atoms with Crippen LogP contribution in [0.15, 0.2) is 59.8 Å². The molecule has 2 aromatic heterocycles. The number of benzene rings is 1. The highest BCUT2D eigenvalue weighted by Crippen LogP contribution is 2.22. The molecule has 0 aliphatic heterocycles. The van der Waals surface area contributed by atoms with Crippen LogP contribution < -0.4 is 10.9 Å². The first-order valence-electron chi connectivity index (χ1n) is 6.07. The van der Waals surface area contributed by atoms with Crippen molar-refractivity contribution in [1.82, 2.24) is 9.97 Å². The van der Waals surface area contributed by atoms with Crippen molar-refractivity contribution >= 4 is 22.4 Å². The van der Waals surface area contributed by atoms with Gasteiger partial charge in [0.1, 0.15) is 0 Å². The van der Waals surface area contributed by atoms with Crippen LogP contribution >= 0.6 is 0 Å². The molecular formula is C15H11N3O2. The molecule has 2 N–H and O–H groups in total. The van der Waals surface area contributed by atoms with Crippen molar-refractivity contribution in [3.05, 3.63) is 70.9 Å². The maximum Gasteiger partial charge on any atom is 0.255 e. The van der Waals surface area contributed by atoms with Gasteiger partial charge in [0.05, 0.1) is 0 Å². The van der Waals surface area contributed by atoms with E-state index in [9.17, 15) is 9.59 Å². The summed E-state index contributed by atoms with van der Waals surface area (Å²) in [5.74, 6) is -0.319. The Morgan fingerprint density at radius 1 is 1.20 bits per heavy atom. The highest BCUT2D eigenvalue weighted by atomic mass is 16.2. The van der Waals surface area contributed by atoms with E-state index in [0.29, 0.717) is 11.3 Å². The number of aromatic nitrogens is 2. The number of amides is 1. The van der Waals surface area contributed by atoms with E-state index in [1.807, 2.05) is 24.3 Å². The summed E-state index contributed by atoms with van der Waals surface area (Å²) in [5.41, 5.74) is 0.703. The Labute approximate surface area is 114 Å². The average Bonchev–Trinajstić information content (AvgIpc) is 2.47. The third kappa shape index (κ3) is 2.29. The molecule has 0 saturated heterocycles. The van der Waals surface area contributed by atoms with Crippen molar-refractivity contribution < 1.29 is 4.79 Å². The lowest BCUT2D eigenvalue weighted by molar-refractivity contribution is 0.102. The van der Waals surface area contributed by atoms with Crippen molar-refractivity contribution in [3.8, 4) is 0 Å². The summed E-state index contributed by atoms with van der Waals surface area (Å²) in [4.78, 5) is 29.9. The number of hydrogen-bond donors (Lipinski definition) is 2. The Kier molecular flexibility index (Phi) is 3.01. The number of fused-ring (bicyclic) bond motifs is 1. The molecule has 5 heteroatoms. The monoisotopic (exact) mass is 265 g/mol. The minimum absolute atomic E-state index is 0.306. The summed E-state index contributed by atoms with van der Waals surface area (Å²) in [6.45, 7) is 0. The smallest absolute Gasteiger partial charge is 0.255 e. The third-order valence-corrected chi connectivity index (χ3v) is 2.97. The van der Waals surface area contributed by atoms with Gasteiger partial charge in [0, 0.05) is 46.7 Å². The van der Waals surface area contributed by atoms with Crippen molar-refractivity contribution in [2.45, 2.75) is 0 Å². The van der Waals surface area contributed by atoms with Crippen molar-refractivity contribution in [3.63, 3.8) is 0 Å². The van der Waals surface area contributed by atoms with Gasteiger partial charge in [-0.05, 0) is 18.2 Å². The van der Waals surface area contributed by atoms with E-state index in [4.69, 9.17) is 0 Å². The van der Waals surface area contributed by atoms with Crippen molar-refractivity contribution in [2.24, 2.45) is 0 Å². The number of nitrogens with one attached hydrogen (secondary N) is 2. The summed E-state index contributed by atoms with van der Waals surface area (Å²) in [5, 5.41) is 4.65. The highest BCUT2D eigenvalue weighted by molar-refractivity contribution is 6.08. The molecule has 1 amide bonds. The first-order valence-corrected chi connectivity index (χ1v) is 6.07. The number of rotatable bonds is 2. The maximum absolute atomic E-state index is 12.1. The zero-order valence-corrected chi connectivity index (χ0v) is 10.5. The molecule has 0 atom stereocenters. The lowest BCUT2D eigenvalue weighted by atomic mass is 10.1. The molecule has 0 unspecified atom stereocenters. The fraction of sp³-hybridized carbons (Fsp3) is 0. The fourth-order valence-corrected chi connectivity index (χ4v) is 2.01. The summed E-state index contributed by atoms with van der Waals surface area (Å²) < 4.78 is 0. The Hall–Kier alpha value is -2.95. The zero-order chi connectivity index (χ0) is 13.9. The van der Waals surface area contributed by atoms with Gasteiger partial charge in [-0.2, -0.15) is 0 Å². The van der Waals surface area contributed by atoms with Gasteiger partial charge in [0.25, 0.3) is 5.91 Å². The molecule has 0 bridgehead atoms. The van der Waals surface area contributed by atoms with Gasteiger partial charge in [0.15, 0.2) is 0 Å². The first kappa shape index (κ1) is 12.1. The van der Waals surface area contributed by atoms with Gasteiger partial charge in [-0.3, -0.25) is 14.6 Å². The highest BCUT2D eigenvalue weighted by Gasteiger charge is 2.08. The number of nitrogens with zero attached hydrogens (tertiary/aromatic N) is 1. The van der Waals surface area contributed by atoms with Gasteiger partial charge in [-0.25, -0.2) is 0 Å². The van der Waals surface area contributed by atoms with E-state index >= 15 is 0 Å². The second kappa shape index (κ2) is 4.97. The Morgan fingerprint density at radius 3 is 2.95 bits per heavy atom. The molecule has 1 aromatic carbocycles. The minimum atomic E-state index is -0.319. The van der Waals surface area contributed by atoms with Crippen LogP contribution in [0.3, 0.4) is 0 Å². The number of H-pyrrole nitrogens is 1. The number of pyridine rings is 2. The Bertz CT molecular complexity index is 834. The molecule has 0 saturated carbocycles. The van der Waals surface area contributed by atoms with Crippen LogP contribution in [0.2, 0.25) is 0 Å². The second-order valence-electron chi connectivity index (χ2n) is 4.30. The quantitative estimate of drug-likeness (QED) is 0.745. The van der Waals surface area contributed by atoms with Crippen LogP contribution in [0.4, 0.5) is 5.69 Å². The van der Waals surface area contributed by atoms with Crippen molar-refractivity contribution in [1.29, 1.82) is 0 Å². The molecule has 2 heterocycles. The van der Waals surface area contributed by atoms with E-state index in [1.54, 1.807) is 18.5 Å². The van der Waals surface area contributed by atoms with E-state index in [2.05, 4.69) is 15.3 Å². The van der Waals surface area contributed by atoms with Crippen LogP contribution in [0.5, 0.6) is 0 Å². The zero-order valence-electron chi connectivity index (χ0n) is 10.5. The largest absolute Gasteiger partial charge is 0.329 e. The normalized spacial score (nSPS) is 10.4. The lowest BCUT2D eigenvalue weighted by Gasteiger charge is -2.08. The molecule has 3 rings (SSSR count). The summed E-state index contributed by atoms with van der Waals surface area (Å²) in [6, 6.07) is 10.2. The first-order chi connectivity index (χ1) is 9.74. The van der Waals surface area contributed by atoms with Crippen molar-refractivity contribution in [2.75, 3.05) is 5.32 Å². The molecule has 0 spiro atoms. The number of carbonyl (C=O) groups is 1. The van der Waals surface area contributed by atoms with E-state index < -0.39 is 0 Å². The average molecular weight is 265 g/mol. The lowest BCUT2D eigenvalue weighted by Crippen LogP contribution is -2.15. The molecular weight excluding hydrogens is 254 g/mol. The molecule has 3 aromatic rings. The number of carbonyl (C=O) groups excluding carboxylic acids is 1. The number of anilines is 1. The maximum atomic E-state index is 12.1. The SMILES string of the molecule is O=C(Nc1cccc2cnccc12)c1cc[nH]c(=O)c1. The predicted octanol–water partition coefficient (Wildman–Crippen LogP) is 2.18. The van der Waals surface area contributed by atoms with E-state index in [0.717, 1.165) is 10.8 Å². The number of hydrogen-bond acceptors (Lipinski definition) is 3. The predicted molar refractivity (Wildman–Crippen MR) is 76.8 cm³/mol. The second-order valence-corrected chi connectivity index (χ2v) is 4.30. The number of aromatic amines is 1. The topological polar surface area (TPSA) is 74.8 Å². The van der Waals surface area contributed by atoms with Crippen LogP contribution in [0.25, 0.3) is 10.8 Å². The van der Waals surface area contributed by atoms with Crippen LogP contribution in [0, 0.1) is 0 Å². The molecule has 98 valence electrons. The van der Waals surface area contributed by atoms with Gasteiger partial charge < -0.3 is 10.3 Å². The minimum Gasteiger partial charge on any atom is -0.329 e.